The number of nitrogens with zero attached hydrogens (tertiary/aromatic N) is 3. The second-order valence-corrected chi connectivity index (χ2v) is 9.19. The average Bonchev–Trinajstić information content (AvgIpc) is 2.86. The first-order chi connectivity index (χ1) is 17.2. The van der Waals surface area contributed by atoms with E-state index in [0.717, 1.165) is 13.1 Å². The molecule has 3 aromatic rings. The molecule has 2 aromatic carbocycles. The molecule has 2 aliphatic heterocycles. The molecule has 0 spiro atoms. The number of carbonyl (C=O) groups is 2. The molecular formula is C25H27FN6O4. The monoisotopic (exact) mass is 494 g/mol. The van der Waals surface area contributed by atoms with E-state index in [4.69, 9.17) is 10.5 Å². The zero-order chi connectivity index (χ0) is 25.6. The van der Waals surface area contributed by atoms with E-state index >= 15 is 4.39 Å². The first-order valence-electron chi connectivity index (χ1n) is 11.7. The number of rotatable bonds is 5. The number of amides is 2. The predicted molar refractivity (Wildman–Crippen MR) is 134 cm³/mol. The molecule has 1 fully saturated rings. The van der Waals surface area contributed by atoms with Crippen LogP contribution in [-0.4, -0.2) is 61.1 Å². The standard InChI is InChI=1S/C25H27FN6O4/c1-14-13-36-23-20-17(11-19(26)21(23)31-8-6-30(2)7-9-31)22(33)18(12-32(14)20)25(35)29-28-16-5-3-4-15(10-16)24(27)34/h3-5,10-12,14,28H,6-9,13H2,1-2H3,(H2,27,34)(H,29,35)/t14-/m0/s1. The number of hydrazine groups is 1. The van der Waals surface area contributed by atoms with E-state index < -0.39 is 23.1 Å². The lowest BCUT2D eigenvalue weighted by Gasteiger charge is -2.37. The highest BCUT2D eigenvalue weighted by Gasteiger charge is 2.31. The molecule has 188 valence electrons. The Kier molecular flexibility index (Phi) is 6.00. The lowest BCUT2D eigenvalue weighted by atomic mass is 10.0. The van der Waals surface area contributed by atoms with Crippen molar-refractivity contribution >= 4 is 34.1 Å². The van der Waals surface area contributed by atoms with Gasteiger partial charge in [0.05, 0.1) is 22.6 Å². The van der Waals surface area contributed by atoms with Gasteiger partial charge in [0.2, 0.25) is 11.3 Å². The quantitative estimate of drug-likeness (QED) is 0.462. The molecule has 1 aromatic heterocycles. The van der Waals surface area contributed by atoms with Crippen LogP contribution in [0.1, 0.15) is 33.7 Å². The minimum Gasteiger partial charge on any atom is -0.487 e. The zero-order valence-corrected chi connectivity index (χ0v) is 20.0. The van der Waals surface area contributed by atoms with Gasteiger partial charge in [-0.05, 0) is 38.2 Å². The number of likely N-dealkylation sites (N-methyl/N-ethyl adjacent to an activating group) is 1. The second-order valence-electron chi connectivity index (χ2n) is 9.19. The van der Waals surface area contributed by atoms with Crippen LogP contribution in [0.25, 0.3) is 10.9 Å². The number of ether oxygens (including phenoxy) is 1. The highest BCUT2D eigenvalue weighted by Crippen LogP contribution is 2.42. The van der Waals surface area contributed by atoms with Crippen LogP contribution in [0, 0.1) is 5.82 Å². The van der Waals surface area contributed by atoms with Gasteiger partial charge < -0.3 is 24.8 Å². The van der Waals surface area contributed by atoms with Crippen LogP contribution < -0.4 is 31.7 Å². The van der Waals surface area contributed by atoms with Crippen LogP contribution in [0.15, 0.2) is 41.3 Å². The third-order valence-electron chi connectivity index (χ3n) is 6.67. The van der Waals surface area contributed by atoms with Gasteiger partial charge in [0.25, 0.3) is 5.91 Å². The summed E-state index contributed by atoms with van der Waals surface area (Å²) < 4.78 is 23.2. The highest BCUT2D eigenvalue weighted by atomic mass is 19.1. The summed E-state index contributed by atoms with van der Waals surface area (Å²) >= 11 is 0. The Morgan fingerprint density at radius 2 is 1.92 bits per heavy atom. The fraction of sp³-hybridized carbons (Fsp3) is 0.320. The van der Waals surface area contributed by atoms with E-state index in [1.165, 1.54) is 18.3 Å². The molecule has 0 radical (unpaired) electrons. The van der Waals surface area contributed by atoms with Gasteiger partial charge in [-0.2, -0.15) is 0 Å². The van der Waals surface area contributed by atoms with E-state index in [2.05, 4.69) is 15.8 Å². The predicted octanol–water partition coefficient (Wildman–Crippen LogP) is 1.70. The number of hydrogen-bond acceptors (Lipinski definition) is 7. The molecule has 3 heterocycles. The van der Waals surface area contributed by atoms with E-state index in [0.29, 0.717) is 35.7 Å². The van der Waals surface area contributed by atoms with Crippen molar-refractivity contribution in [2.75, 3.05) is 50.2 Å². The lowest BCUT2D eigenvalue weighted by Crippen LogP contribution is -2.45. The Labute approximate surface area is 206 Å². The van der Waals surface area contributed by atoms with Gasteiger partial charge in [-0.25, -0.2) is 4.39 Å². The topological polar surface area (TPSA) is 122 Å². The minimum absolute atomic E-state index is 0.0790. The van der Waals surface area contributed by atoms with Crippen molar-refractivity contribution in [1.82, 2.24) is 14.9 Å². The van der Waals surface area contributed by atoms with Gasteiger partial charge in [0.1, 0.15) is 17.9 Å². The molecule has 5 rings (SSSR count). The normalized spacial score (nSPS) is 17.5. The molecule has 1 atom stereocenters. The van der Waals surface area contributed by atoms with Crippen molar-refractivity contribution in [3.8, 4) is 5.75 Å². The molecule has 4 N–H and O–H groups in total. The number of pyridine rings is 1. The van der Waals surface area contributed by atoms with Gasteiger partial charge in [-0.1, -0.05) is 6.07 Å². The third-order valence-corrected chi connectivity index (χ3v) is 6.67. The number of halogens is 1. The van der Waals surface area contributed by atoms with Gasteiger partial charge in [0.15, 0.2) is 11.6 Å². The number of nitrogens with two attached hydrogens (primary N) is 1. The van der Waals surface area contributed by atoms with Gasteiger partial charge >= 0.3 is 0 Å². The first-order valence-corrected chi connectivity index (χ1v) is 11.7. The number of primary amides is 1. The SMILES string of the molecule is C[C@H]1COc2c(N3CCN(C)CC3)c(F)cc3c(=O)c(C(=O)NNc4cccc(C(N)=O)c4)cn1c23. The first kappa shape index (κ1) is 23.6. The number of hydrogen-bond donors (Lipinski definition) is 3. The molecule has 0 unspecified atom stereocenters. The minimum atomic E-state index is -0.695. The van der Waals surface area contributed by atoms with E-state index in [1.807, 2.05) is 18.9 Å². The Bertz CT molecular complexity index is 1430. The largest absolute Gasteiger partial charge is 0.487 e. The summed E-state index contributed by atoms with van der Waals surface area (Å²) in [6.07, 6.45) is 1.49. The number of aromatic nitrogens is 1. The zero-order valence-electron chi connectivity index (χ0n) is 20.0. The maximum Gasteiger partial charge on any atom is 0.275 e. The maximum atomic E-state index is 15.5. The summed E-state index contributed by atoms with van der Waals surface area (Å²) in [6, 6.07) is 7.27. The molecule has 2 aliphatic rings. The summed E-state index contributed by atoms with van der Waals surface area (Å²) in [5.41, 5.74) is 11.2. The maximum absolute atomic E-state index is 15.5. The Hall–Kier alpha value is -4.12. The number of piperazine rings is 1. The number of nitrogens with one attached hydrogen (secondary N) is 2. The third kappa shape index (κ3) is 4.11. The molecule has 0 saturated carbocycles. The van der Waals surface area contributed by atoms with Crippen LogP contribution in [-0.2, 0) is 0 Å². The summed E-state index contributed by atoms with van der Waals surface area (Å²) in [5.74, 6) is -1.53. The highest BCUT2D eigenvalue weighted by molar-refractivity contribution is 6.00. The molecular weight excluding hydrogens is 467 g/mol. The van der Waals surface area contributed by atoms with Crippen molar-refractivity contribution in [1.29, 1.82) is 0 Å². The van der Waals surface area contributed by atoms with Crippen molar-refractivity contribution in [2.24, 2.45) is 5.73 Å². The molecule has 10 nitrogen and oxygen atoms in total. The summed E-state index contributed by atoms with van der Waals surface area (Å²) in [7, 11) is 2.02. The molecule has 2 amide bonds. The summed E-state index contributed by atoms with van der Waals surface area (Å²) in [4.78, 5) is 41.9. The molecule has 11 heteroatoms. The second kappa shape index (κ2) is 9.15. The van der Waals surface area contributed by atoms with Crippen molar-refractivity contribution in [3.05, 3.63) is 63.7 Å². The average molecular weight is 495 g/mol. The summed E-state index contributed by atoms with van der Waals surface area (Å²) in [5, 5.41) is 0.0790. The van der Waals surface area contributed by atoms with Crippen LogP contribution >= 0.6 is 0 Å². The Morgan fingerprint density at radius 3 is 2.64 bits per heavy atom. The van der Waals surface area contributed by atoms with Crippen molar-refractivity contribution in [2.45, 2.75) is 13.0 Å². The van der Waals surface area contributed by atoms with E-state index in [-0.39, 0.29) is 29.2 Å². The molecule has 36 heavy (non-hydrogen) atoms. The smallest absolute Gasteiger partial charge is 0.275 e. The number of carbonyl (C=O) groups excluding carboxylic acids is 2. The molecule has 0 bridgehead atoms. The molecule has 1 saturated heterocycles. The van der Waals surface area contributed by atoms with Crippen LogP contribution in [0.5, 0.6) is 5.75 Å². The number of anilines is 2. The fourth-order valence-electron chi connectivity index (χ4n) is 4.64. The van der Waals surface area contributed by atoms with Crippen molar-refractivity contribution < 1.29 is 18.7 Å². The van der Waals surface area contributed by atoms with Crippen LogP contribution in [0.2, 0.25) is 0 Å². The summed E-state index contributed by atoms with van der Waals surface area (Å²) in [6.45, 7) is 5.02. The van der Waals surface area contributed by atoms with Crippen LogP contribution in [0.4, 0.5) is 15.8 Å². The fourth-order valence-corrected chi connectivity index (χ4v) is 4.64. The van der Waals surface area contributed by atoms with Gasteiger partial charge in [-0.3, -0.25) is 25.2 Å². The Morgan fingerprint density at radius 1 is 1.17 bits per heavy atom. The van der Waals surface area contributed by atoms with E-state index in [9.17, 15) is 14.4 Å². The number of benzene rings is 2. The van der Waals surface area contributed by atoms with Crippen molar-refractivity contribution in [3.63, 3.8) is 0 Å². The molecule has 0 aliphatic carbocycles. The van der Waals surface area contributed by atoms with Gasteiger partial charge in [0, 0.05) is 37.9 Å². The van der Waals surface area contributed by atoms with Crippen LogP contribution in [0.3, 0.4) is 0 Å². The van der Waals surface area contributed by atoms with E-state index in [1.54, 1.807) is 22.8 Å². The van der Waals surface area contributed by atoms with Gasteiger partial charge in [-0.15, -0.1) is 0 Å². The lowest BCUT2D eigenvalue weighted by molar-refractivity contribution is 0.0959. The Balaban J connectivity index is 1.53.